The van der Waals surface area contributed by atoms with Gasteiger partial charge in [0, 0.05) is 17.8 Å². The third-order valence-corrected chi connectivity index (χ3v) is 4.03. The van der Waals surface area contributed by atoms with Crippen molar-refractivity contribution < 1.29 is 4.79 Å². The van der Waals surface area contributed by atoms with Crippen LogP contribution < -0.4 is 10.6 Å². The van der Waals surface area contributed by atoms with Crippen LogP contribution in [0.2, 0.25) is 10.3 Å². The molecule has 2 N–H and O–H groups in total. The van der Waals surface area contributed by atoms with E-state index >= 15 is 0 Å². The summed E-state index contributed by atoms with van der Waals surface area (Å²) in [5.41, 5.74) is 2.04. The monoisotopic (exact) mass is 401 g/mol. The van der Waals surface area contributed by atoms with Gasteiger partial charge in [0.25, 0.3) is 5.91 Å². The number of halogens is 2. The Labute approximate surface area is 164 Å². The lowest BCUT2D eigenvalue weighted by Crippen LogP contribution is -2.12. The Morgan fingerprint density at radius 2 is 1.93 bits per heavy atom. The molecule has 136 valence electrons. The normalized spacial score (nSPS) is 10.3. The molecular formula is C18H13Cl2N5O2. The van der Waals surface area contributed by atoms with Crippen LogP contribution in [0.3, 0.4) is 0 Å². The highest BCUT2D eigenvalue weighted by Crippen LogP contribution is 2.21. The number of hydrogen-bond acceptors (Lipinski definition) is 6. The topological polar surface area (TPSA) is 96.3 Å². The molecule has 3 rings (SSSR count). The highest BCUT2D eigenvalue weighted by atomic mass is 35.5. The molecule has 0 saturated heterocycles. The molecule has 0 aliphatic carbocycles. The number of aromatic nitrogens is 2. The van der Waals surface area contributed by atoms with Crippen molar-refractivity contribution in [3.8, 4) is 0 Å². The first-order valence-corrected chi connectivity index (χ1v) is 8.56. The van der Waals surface area contributed by atoms with Crippen molar-refractivity contribution in [1.29, 1.82) is 0 Å². The zero-order valence-corrected chi connectivity index (χ0v) is 15.3. The van der Waals surface area contributed by atoms with Crippen molar-refractivity contribution in [3.63, 3.8) is 0 Å². The molecule has 2 aromatic carbocycles. The number of carbonyl (C=O) groups is 1. The summed E-state index contributed by atoms with van der Waals surface area (Å²) in [7, 11) is 0. The summed E-state index contributed by atoms with van der Waals surface area (Å²) in [6.07, 6.45) is 1.41. The SMILES string of the molecule is O=Nc1cccc(C(=O)Nc2cccc(CNc3nc(Cl)ncc3Cl)c2)c1. The van der Waals surface area contributed by atoms with E-state index in [1.807, 2.05) is 18.2 Å². The third kappa shape index (κ3) is 4.99. The van der Waals surface area contributed by atoms with E-state index in [2.05, 4.69) is 25.8 Å². The van der Waals surface area contributed by atoms with Gasteiger partial charge in [-0.2, -0.15) is 4.98 Å². The van der Waals surface area contributed by atoms with Gasteiger partial charge in [0.1, 0.15) is 16.5 Å². The largest absolute Gasteiger partial charge is 0.365 e. The Hall–Kier alpha value is -3.03. The number of carbonyl (C=O) groups excluding carboxylic acids is 1. The molecule has 0 fully saturated rings. The summed E-state index contributed by atoms with van der Waals surface area (Å²) in [4.78, 5) is 30.8. The van der Waals surface area contributed by atoms with Gasteiger partial charge in [-0.1, -0.05) is 29.8 Å². The van der Waals surface area contributed by atoms with E-state index in [1.54, 1.807) is 18.2 Å². The molecule has 0 atom stereocenters. The molecule has 0 bridgehead atoms. The van der Waals surface area contributed by atoms with E-state index in [1.165, 1.54) is 18.3 Å². The summed E-state index contributed by atoms with van der Waals surface area (Å²) >= 11 is 11.8. The molecule has 3 aromatic rings. The number of rotatable bonds is 6. The van der Waals surface area contributed by atoms with Crippen LogP contribution >= 0.6 is 23.2 Å². The zero-order valence-electron chi connectivity index (χ0n) is 13.8. The van der Waals surface area contributed by atoms with Crippen LogP contribution in [0.25, 0.3) is 0 Å². The quantitative estimate of drug-likeness (QED) is 0.445. The Kier molecular flexibility index (Phi) is 5.95. The first kappa shape index (κ1) is 18.8. The number of nitrogens with one attached hydrogen (secondary N) is 2. The van der Waals surface area contributed by atoms with Crippen molar-refractivity contribution in [2.24, 2.45) is 5.18 Å². The number of nitrogens with zero attached hydrogens (tertiary/aromatic N) is 3. The van der Waals surface area contributed by atoms with Crippen LogP contribution in [0.4, 0.5) is 17.2 Å². The third-order valence-electron chi connectivity index (χ3n) is 3.57. The van der Waals surface area contributed by atoms with E-state index in [4.69, 9.17) is 23.2 Å². The Balaban J connectivity index is 1.68. The zero-order chi connectivity index (χ0) is 19.2. The van der Waals surface area contributed by atoms with Crippen LogP contribution in [0.1, 0.15) is 15.9 Å². The van der Waals surface area contributed by atoms with Crippen molar-refractivity contribution in [3.05, 3.63) is 81.1 Å². The van der Waals surface area contributed by atoms with Crippen LogP contribution in [0.5, 0.6) is 0 Å². The second-order valence-electron chi connectivity index (χ2n) is 5.49. The number of amides is 1. The maximum absolute atomic E-state index is 12.3. The van der Waals surface area contributed by atoms with Crippen LogP contribution in [-0.4, -0.2) is 15.9 Å². The van der Waals surface area contributed by atoms with Gasteiger partial charge in [-0.25, -0.2) is 4.98 Å². The highest BCUT2D eigenvalue weighted by molar-refractivity contribution is 6.33. The standard InChI is InChI=1S/C18H13Cl2N5O2/c19-15-10-22-18(20)24-16(15)21-9-11-3-1-5-13(7-11)23-17(26)12-4-2-6-14(8-12)25-27/h1-8,10H,9H2,(H,23,26)(H,21,22,24). The number of nitroso groups, excluding NO2 is 1. The minimum atomic E-state index is -0.337. The highest BCUT2D eigenvalue weighted by Gasteiger charge is 2.08. The average molecular weight is 402 g/mol. The summed E-state index contributed by atoms with van der Waals surface area (Å²) in [6, 6.07) is 13.4. The van der Waals surface area contributed by atoms with Gasteiger partial charge in [-0.15, -0.1) is 4.91 Å². The summed E-state index contributed by atoms with van der Waals surface area (Å²) in [5, 5.41) is 9.13. The van der Waals surface area contributed by atoms with E-state index in [0.717, 1.165) is 5.56 Å². The van der Waals surface area contributed by atoms with Crippen molar-refractivity contribution >= 4 is 46.3 Å². The maximum atomic E-state index is 12.3. The lowest BCUT2D eigenvalue weighted by atomic mass is 10.1. The number of benzene rings is 2. The van der Waals surface area contributed by atoms with Gasteiger partial charge in [0.05, 0.1) is 6.20 Å². The summed E-state index contributed by atoms with van der Waals surface area (Å²) in [5.74, 6) is 0.0838. The van der Waals surface area contributed by atoms with E-state index in [9.17, 15) is 9.70 Å². The first-order valence-electron chi connectivity index (χ1n) is 7.81. The molecule has 0 unspecified atom stereocenters. The van der Waals surface area contributed by atoms with Gasteiger partial charge in [-0.3, -0.25) is 4.79 Å². The lowest BCUT2D eigenvalue weighted by Gasteiger charge is -2.10. The summed E-state index contributed by atoms with van der Waals surface area (Å²) in [6.45, 7) is 0.418. The molecule has 0 radical (unpaired) electrons. The second-order valence-corrected chi connectivity index (χ2v) is 6.23. The van der Waals surface area contributed by atoms with Crippen LogP contribution in [-0.2, 0) is 6.54 Å². The Bertz CT molecular complexity index is 997. The lowest BCUT2D eigenvalue weighted by molar-refractivity contribution is 0.102. The van der Waals surface area contributed by atoms with Crippen molar-refractivity contribution in [2.75, 3.05) is 10.6 Å². The minimum Gasteiger partial charge on any atom is -0.365 e. The molecule has 7 nitrogen and oxygen atoms in total. The Morgan fingerprint density at radius 1 is 1.11 bits per heavy atom. The molecule has 0 spiro atoms. The molecule has 1 heterocycles. The van der Waals surface area contributed by atoms with Crippen molar-refractivity contribution in [1.82, 2.24) is 9.97 Å². The second kappa shape index (κ2) is 8.57. The molecule has 1 aromatic heterocycles. The molecule has 0 saturated carbocycles. The predicted molar refractivity (Wildman–Crippen MR) is 106 cm³/mol. The summed E-state index contributed by atoms with van der Waals surface area (Å²) < 4.78 is 0. The fourth-order valence-electron chi connectivity index (χ4n) is 2.32. The van der Waals surface area contributed by atoms with Gasteiger partial charge in [-0.05, 0) is 52.7 Å². The smallest absolute Gasteiger partial charge is 0.255 e. The van der Waals surface area contributed by atoms with E-state index in [-0.39, 0.29) is 16.9 Å². The van der Waals surface area contributed by atoms with Crippen molar-refractivity contribution in [2.45, 2.75) is 6.54 Å². The molecule has 1 amide bonds. The first-order chi connectivity index (χ1) is 13.0. The number of hydrogen-bond donors (Lipinski definition) is 2. The average Bonchev–Trinajstić information content (AvgIpc) is 2.69. The Morgan fingerprint density at radius 3 is 2.74 bits per heavy atom. The number of anilines is 2. The van der Waals surface area contributed by atoms with Crippen LogP contribution in [0.15, 0.2) is 59.9 Å². The molecule has 9 heteroatoms. The molecule has 0 aliphatic rings. The molecule has 0 aliphatic heterocycles. The van der Waals surface area contributed by atoms with Gasteiger partial charge < -0.3 is 10.6 Å². The van der Waals surface area contributed by atoms with Gasteiger partial charge >= 0.3 is 0 Å². The minimum absolute atomic E-state index is 0.0926. The molecular weight excluding hydrogens is 389 g/mol. The molecule has 27 heavy (non-hydrogen) atoms. The fraction of sp³-hybridized carbons (Fsp3) is 0.0556. The predicted octanol–water partition coefficient (Wildman–Crippen LogP) is 5.05. The van der Waals surface area contributed by atoms with Gasteiger partial charge in [0.2, 0.25) is 5.28 Å². The maximum Gasteiger partial charge on any atom is 0.255 e. The fourth-order valence-corrected chi connectivity index (χ4v) is 2.61. The van der Waals surface area contributed by atoms with E-state index < -0.39 is 0 Å². The van der Waals surface area contributed by atoms with E-state index in [0.29, 0.717) is 28.6 Å². The van der Waals surface area contributed by atoms with Gasteiger partial charge in [0.15, 0.2) is 0 Å². The van der Waals surface area contributed by atoms with Crippen LogP contribution in [0, 0.1) is 4.91 Å².